The first-order valence-corrected chi connectivity index (χ1v) is 6.14. The van der Waals surface area contributed by atoms with Crippen molar-refractivity contribution < 1.29 is 14.3 Å². The molecule has 4 heteroatoms. The summed E-state index contributed by atoms with van der Waals surface area (Å²) in [4.78, 5) is 14.1. The lowest BCUT2D eigenvalue weighted by atomic mass is 9.97. The van der Waals surface area contributed by atoms with Gasteiger partial charge in [0.15, 0.2) is 0 Å². The number of piperidine rings is 1. The summed E-state index contributed by atoms with van der Waals surface area (Å²) in [7, 11) is 0. The largest absolute Gasteiger partial charge is 0.469 e. The molecule has 1 aliphatic heterocycles. The lowest BCUT2D eigenvalue weighted by Gasteiger charge is -2.37. The van der Waals surface area contributed by atoms with E-state index in [2.05, 4.69) is 0 Å². The summed E-state index contributed by atoms with van der Waals surface area (Å²) in [6.07, 6.45) is 4.01. The molecule has 1 saturated heterocycles. The monoisotopic (exact) mass is 237 g/mol. The minimum atomic E-state index is -0.480. The summed E-state index contributed by atoms with van der Waals surface area (Å²) in [5.74, 6) is 0.617. The van der Waals surface area contributed by atoms with E-state index in [0.29, 0.717) is 11.3 Å². The van der Waals surface area contributed by atoms with Crippen LogP contribution in [0.5, 0.6) is 0 Å². The summed E-state index contributed by atoms with van der Waals surface area (Å²) >= 11 is 0. The Morgan fingerprint density at radius 2 is 2.35 bits per heavy atom. The lowest BCUT2D eigenvalue weighted by Crippen LogP contribution is -2.48. The molecule has 0 aliphatic carbocycles. The molecule has 1 aliphatic rings. The normalized spacial score (nSPS) is 22.5. The van der Waals surface area contributed by atoms with Crippen molar-refractivity contribution in [2.75, 3.05) is 6.54 Å². The Hall–Kier alpha value is -1.29. The Kier molecular flexibility index (Phi) is 3.52. The molecule has 1 fully saturated rings. The lowest BCUT2D eigenvalue weighted by molar-refractivity contribution is 0.0279. The Morgan fingerprint density at radius 3 is 2.94 bits per heavy atom. The van der Waals surface area contributed by atoms with Gasteiger partial charge in [-0.2, -0.15) is 0 Å². The third kappa shape index (κ3) is 2.36. The second-order valence-electron chi connectivity index (χ2n) is 4.69. The fourth-order valence-electron chi connectivity index (χ4n) is 2.47. The first-order chi connectivity index (χ1) is 8.11. The van der Waals surface area contributed by atoms with Crippen molar-refractivity contribution in [2.24, 2.45) is 0 Å². The smallest absolute Gasteiger partial charge is 0.257 e. The SMILES string of the molecule is Cc1occc1C(=O)N1CCCC[C@H]1[C@H](C)O. The topological polar surface area (TPSA) is 53.7 Å². The zero-order valence-corrected chi connectivity index (χ0v) is 10.3. The Morgan fingerprint density at radius 1 is 1.59 bits per heavy atom. The third-order valence-electron chi connectivity index (χ3n) is 3.46. The van der Waals surface area contributed by atoms with E-state index in [-0.39, 0.29) is 11.9 Å². The van der Waals surface area contributed by atoms with Gasteiger partial charge in [-0.05, 0) is 39.2 Å². The maximum absolute atomic E-state index is 12.4. The Balaban J connectivity index is 2.20. The molecule has 1 amide bonds. The van der Waals surface area contributed by atoms with Crippen molar-refractivity contribution in [2.45, 2.75) is 45.3 Å². The van der Waals surface area contributed by atoms with E-state index in [9.17, 15) is 9.90 Å². The number of furan rings is 1. The number of carbonyl (C=O) groups is 1. The molecule has 0 aromatic carbocycles. The fraction of sp³-hybridized carbons (Fsp3) is 0.615. The van der Waals surface area contributed by atoms with Gasteiger partial charge in [-0.1, -0.05) is 0 Å². The van der Waals surface area contributed by atoms with E-state index in [1.165, 1.54) is 6.26 Å². The van der Waals surface area contributed by atoms with Gasteiger partial charge in [-0.3, -0.25) is 4.79 Å². The molecule has 0 radical (unpaired) electrons. The first-order valence-electron chi connectivity index (χ1n) is 6.14. The summed E-state index contributed by atoms with van der Waals surface area (Å²) < 4.78 is 5.16. The number of rotatable bonds is 2. The number of hydrogen-bond donors (Lipinski definition) is 1. The second kappa shape index (κ2) is 4.92. The van der Waals surface area contributed by atoms with Crippen molar-refractivity contribution in [3.63, 3.8) is 0 Å². The van der Waals surface area contributed by atoms with Crippen LogP contribution < -0.4 is 0 Å². The average molecular weight is 237 g/mol. The second-order valence-corrected chi connectivity index (χ2v) is 4.69. The zero-order chi connectivity index (χ0) is 12.4. The van der Waals surface area contributed by atoms with Crippen LogP contribution in [-0.4, -0.2) is 34.6 Å². The highest BCUT2D eigenvalue weighted by molar-refractivity contribution is 5.95. The number of nitrogens with zero attached hydrogens (tertiary/aromatic N) is 1. The Bertz CT molecular complexity index is 397. The van der Waals surface area contributed by atoms with Crippen LogP contribution in [0.1, 0.15) is 42.3 Å². The quantitative estimate of drug-likeness (QED) is 0.855. The number of aliphatic hydroxyl groups is 1. The molecule has 94 valence electrons. The fourth-order valence-corrected chi connectivity index (χ4v) is 2.47. The molecule has 0 spiro atoms. The van der Waals surface area contributed by atoms with Crippen LogP contribution >= 0.6 is 0 Å². The van der Waals surface area contributed by atoms with Gasteiger partial charge >= 0.3 is 0 Å². The van der Waals surface area contributed by atoms with Crippen molar-refractivity contribution in [3.05, 3.63) is 23.7 Å². The molecule has 1 aromatic rings. The van der Waals surface area contributed by atoms with Crippen LogP contribution in [0.25, 0.3) is 0 Å². The highest BCUT2D eigenvalue weighted by Crippen LogP contribution is 2.23. The number of aryl methyl sites for hydroxylation is 1. The predicted molar refractivity (Wildman–Crippen MR) is 63.8 cm³/mol. The minimum absolute atomic E-state index is 0.0261. The zero-order valence-electron chi connectivity index (χ0n) is 10.3. The number of amides is 1. The molecule has 0 saturated carbocycles. The number of aliphatic hydroxyl groups excluding tert-OH is 1. The molecule has 2 heterocycles. The van der Waals surface area contributed by atoms with E-state index in [1.807, 2.05) is 0 Å². The highest BCUT2D eigenvalue weighted by atomic mass is 16.3. The first kappa shape index (κ1) is 12.2. The van der Waals surface area contributed by atoms with E-state index in [0.717, 1.165) is 25.8 Å². The van der Waals surface area contributed by atoms with Gasteiger partial charge in [-0.15, -0.1) is 0 Å². The van der Waals surface area contributed by atoms with Gasteiger partial charge in [0.1, 0.15) is 5.76 Å². The predicted octanol–water partition coefficient (Wildman–Crippen LogP) is 1.96. The molecular formula is C13H19NO3. The molecule has 1 aromatic heterocycles. The molecule has 0 unspecified atom stereocenters. The highest BCUT2D eigenvalue weighted by Gasteiger charge is 2.31. The Labute approximate surface area is 101 Å². The van der Waals surface area contributed by atoms with Gasteiger partial charge in [-0.25, -0.2) is 0 Å². The van der Waals surface area contributed by atoms with Crippen molar-refractivity contribution in [1.29, 1.82) is 0 Å². The number of likely N-dealkylation sites (tertiary alicyclic amines) is 1. The van der Waals surface area contributed by atoms with Gasteiger partial charge in [0.05, 0.1) is 24.0 Å². The van der Waals surface area contributed by atoms with Crippen LogP contribution in [0.4, 0.5) is 0 Å². The van der Waals surface area contributed by atoms with E-state index >= 15 is 0 Å². The van der Waals surface area contributed by atoms with E-state index in [1.54, 1.807) is 24.8 Å². The van der Waals surface area contributed by atoms with E-state index in [4.69, 9.17) is 4.42 Å². The maximum atomic E-state index is 12.4. The van der Waals surface area contributed by atoms with Crippen molar-refractivity contribution in [1.82, 2.24) is 4.90 Å². The molecule has 0 bridgehead atoms. The maximum Gasteiger partial charge on any atom is 0.257 e. The van der Waals surface area contributed by atoms with Crippen LogP contribution in [0.3, 0.4) is 0 Å². The number of carbonyl (C=O) groups excluding carboxylic acids is 1. The molecule has 2 atom stereocenters. The molecule has 1 N–H and O–H groups in total. The summed E-state index contributed by atoms with van der Waals surface area (Å²) in [6, 6.07) is 1.64. The van der Waals surface area contributed by atoms with Gasteiger partial charge in [0.25, 0.3) is 5.91 Å². The van der Waals surface area contributed by atoms with Crippen LogP contribution in [0, 0.1) is 6.92 Å². The van der Waals surface area contributed by atoms with Gasteiger partial charge in [0.2, 0.25) is 0 Å². The van der Waals surface area contributed by atoms with Crippen LogP contribution in [0.15, 0.2) is 16.7 Å². The van der Waals surface area contributed by atoms with E-state index < -0.39 is 6.10 Å². The average Bonchev–Trinajstić information content (AvgIpc) is 2.74. The van der Waals surface area contributed by atoms with Crippen LogP contribution in [0.2, 0.25) is 0 Å². The molecule has 4 nitrogen and oxygen atoms in total. The molecule has 17 heavy (non-hydrogen) atoms. The minimum Gasteiger partial charge on any atom is -0.469 e. The third-order valence-corrected chi connectivity index (χ3v) is 3.46. The standard InChI is InChI=1S/C13H19NO3/c1-9(15)12-5-3-4-7-14(12)13(16)11-6-8-17-10(11)2/h6,8-9,12,15H,3-5,7H2,1-2H3/t9-,12-/m0/s1. The van der Waals surface area contributed by atoms with Crippen molar-refractivity contribution >= 4 is 5.91 Å². The van der Waals surface area contributed by atoms with Crippen LogP contribution in [-0.2, 0) is 0 Å². The summed E-state index contributed by atoms with van der Waals surface area (Å²) in [5.41, 5.74) is 0.609. The van der Waals surface area contributed by atoms with Crippen molar-refractivity contribution in [3.8, 4) is 0 Å². The van der Waals surface area contributed by atoms with Gasteiger partial charge in [0, 0.05) is 6.54 Å². The molecular weight excluding hydrogens is 218 g/mol. The van der Waals surface area contributed by atoms with Gasteiger partial charge < -0.3 is 14.4 Å². The summed E-state index contributed by atoms with van der Waals surface area (Å²) in [5, 5.41) is 9.75. The number of hydrogen-bond acceptors (Lipinski definition) is 3. The molecule has 2 rings (SSSR count). The summed E-state index contributed by atoms with van der Waals surface area (Å²) in [6.45, 7) is 4.26.